The Morgan fingerprint density at radius 3 is 2.55 bits per heavy atom. The van der Waals surface area contributed by atoms with Crippen molar-refractivity contribution < 1.29 is 17.9 Å². The van der Waals surface area contributed by atoms with Gasteiger partial charge in [0.25, 0.3) is 0 Å². The molecule has 2 fully saturated rings. The molecule has 0 aliphatic heterocycles. The molecular formula is C25H31F3O. The molecule has 0 N–H and O–H groups in total. The molecule has 0 saturated heterocycles. The van der Waals surface area contributed by atoms with Crippen LogP contribution in [0.5, 0.6) is 5.75 Å². The van der Waals surface area contributed by atoms with Crippen LogP contribution in [0.1, 0.15) is 76.2 Å². The number of alkyl halides is 2. The van der Waals surface area contributed by atoms with Crippen LogP contribution in [0, 0.1) is 23.6 Å². The molecule has 0 heterocycles. The highest BCUT2D eigenvalue weighted by atomic mass is 19.3. The quantitative estimate of drug-likeness (QED) is 0.473. The molecule has 29 heavy (non-hydrogen) atoms. The van der Waals surface area contributed by atoms with Gasteiger partial charge in [0.05, 0.1) is 0 Å². The van der Waals surface area contributed by atoms with Crippen molar-refractivity contribution in [1.29, 1.82) is 0 Å². The second kappa shape index (κ2) is 8.97. The van der Waals surface area contributed by atoms with Gasteiger partial charge in [-0.3, -0.25) is 0 Å². The Labute approximate surface area is 171 Å². The van der Waals surface area contributed by atoms with E-state index < -0.39 is 12.4 Å². The fourth-order valence-corrected chi connectivity index (χ4v) is 5.75. The molecule has 2 aromatic rings. The predicted molar refractivity (Wildman–Crippen MR) is 111 cm³/mol. The summed E-state index contributed by atoms with van der Waals surface area (Å²) < 4.78 is 43.3. The third kappa shape index (κ3) is 4.73. The van der Waals surface area contributed by atoms with Crippen molar-refractivity contribution in [3.63, 3.8) is 0 Å². The first-order chi connectivity index (χ1) is 14.0. The molecule has 2 aliphatic carbocycles. The van der Waals surface area contributed by atoms with Crippen molar-refractivity contribution in [2.24, 2.45) is 17.8 Å². The first kappa shape index (κ1) is 20.6. The summed E-state index contributed by atoms with van der Waals surface area (Å²) in [5.41, 5.74) is 1.26. The second-order valence-electron chi connectivity index (χ2n) is 9.12. The third-order valence-corrected chi connectivity index (χ3v) is 7.29. The summed E-state index contributed by atoms with van der Waals surface area (Å²) in [6.45, 7) is -0.743. The molecule has 2 aliphatic rings. The van der Waals surface area contributed by atoms with Gasteiger partial charge in [-0.2, -0.15) is 8.78 Å². The van der Waals surface area contributed by atoms with Crippen molar-refractivity contribution >= 4 is 10.8 Å². The lowest BCUT2D eigenvalue weighted by atomic mass is 9.63. The number of benzene rings is 2. The molecule has 4 rings (SSSR count). The van der Waals surface area contributed by atoms with Gasteiger partial charge in [-0.15, -0.1) is 0 Å². The highest BCUT2D eigenvalue weighted by Crippen LogP contribution is 2.48. The summed E-state index contributed by atoms with van der Waals surface area (Å²) in [5, 5.41) is 1.49. The van der Waals surface area contributed by atoms with Crippen LogP contribution in [0.4, 0.5) is 13.2 Å². The number of fused-ring (bicyclic) bond motifs is 2. The third-order valence-electron chi connectivity index (χ3n) is 7.29. The van der Waals surface area contributed by atoms with Gasteiger partial charge in [0, 0.05) is 0 Å². The summed E-state index contributed by atoms with van der Waals surface area (Å²) in [6, 6.07) is 8.74. The Hall–Kier alpha value is -1.71. The molecular weight excluding hydrogens is 373 g/mol. The molecule has 0 spiro atoms. The van der Waals surface area contributed by atoms with E-state index in [1.807, 2.05) is 12.1 Å². The van der Waals surface area contributed by atoms with E-state index in [2.05, 4.69) is 17.7 Å². The molecule has 0 radical (unpaired) electrons. The van der Waals surface area contributed by atoms with Gasteiger partial charge in [0.1, 0.15) is 0 Å². The minimum atomic E-state index is -3.02. The Balaban J connectivity index is 1.45. The zero-order valence-corrected chi connectivity index (χ0v) is 17.2. The highest BCUT2D eigenvalue weighted by molar-refractivity contribution is 5.84. The molecule has 0 amide bonds. The summed E-state index contributed by atoms with van der Waals surface area (Å²) in [6.07, 6.45) is 11.9. The Bertz CT molecular complexity index is 834. The van der Waals surface area contributed by atoms with Crippen molar-refractivity contribution in [2.75, 3.05) is 0 Å². The summed E-state index contributed by atoms with van der Waals surface area (Å²) in [5.74, 6) is 2.04. The van der Waals surface area contributed by atoms with Crippen LogP contribution in [0.25, 0.3) is 10.8 Å². The van der Waals surface area contributed by atoms with E-state index in [-0.39, 0.29) is 5.75 Å². The molecule has 1 nitrogen and oxygen atoms in total. The molecule has 4 heteroatoms. The number of rotatable bonds is 6. The lowest BCUT2D eigenvalue weighted by molar-refractivity contribution is -0.0520. The van der Waals surface area contributed by atoms with Gasteiger partial charge >= 0.3 is 6.61 Å². The number of ether oxygens (including phenoxy) is 1. The van der Waals surface area contributed by atoms with Crippen LogP contribution in [-0.4, -0.2) is 6.61 Å². The first-order valence-electron chi connectivity index (χ1n) is 11.2. The van der Waals surface area contributed by atoms with E-state index in [1.165, 1.54) is 75.5 Å². The number of halogens is 3. The maximum absolute atomic E-state index is 14.1. The largest absolute Gasteiger partial charge is 0.432 e. The molecule has 2 unspecified atom stereocenters. The first-order valence-corrected chi connectivity index (χ1v) is 11.2. The molecule has 0 aromatic heterocycles. The topological polar surface area (TPSA) is 9.23 Å². The fraction of sp³-hybridized carbons (Fsp3) is 0.600. The van der Waals surface area contributed by atoms with Crippen molar-refractivity contribution in [1.82, 2.24) is 0 Å². The normalized spacial score (nSPS) is 27.2. The summed E-state index contributed by atoms with van der Waals surface area (Å²) in [4.78, 5) is 0. The maximum atomic E-state index is 14.1. The predicted octanol–water partition coefficient (Wildman–Crippen LogP) is 8.07. The molecule has 158 valence electrons. The van der Waals surface area contributed by atoms with E-state index in [0.29, 0.717) is 5.92 Å². The number of unbranched alkanes of at least 4 members (excludes halogenated alkanes) is 1. The Morgan fingerprint density at radius 1 is 0.966 bits per heavy atom. The van der Waals surface area contributed by atoms with E-state index in [9.17, 15) is 13.2 Å². The van der Waals surface area contributed by atoms with Crippen molar-refractivity contribution in [3.05, 3.63) is 41.7 Å². The van der Waals surface area contributed by atoms with Crippen LogP contribution in [0.15, 0.2) is 30.3 Å². The average Bonchev–Trinajstić information content (AvgIpc) is 2.71. The van der Waals surface area contributed by atoms with E-state index in [0.717, 1.165) is 28.5 Å². The minimum absolute atomic E-state index is 0.388. The monoisotopic (exact) mass is 404 g/mol. The van der Waals surface area contributed by atoms with Gasteiger partial charge < -0.3 is 4.74 Å². The van der Waals surface area contributed by atoms with Gasteiger partial charge in [0.15, 0.2) is 11.6 Å². The lowest BCUT2D eigenvalue weighted by Crippen LogP contribution is -2.30. The fourth-order valence-electron chi connectivity index (χ4n) is 5.75. The average molecular weight is 405 g/mol. The molecule has 2 saturated carbocycles. The van der Waals surface area contributed by atoms with Gasteiger partial charge in [-0.25, -0.2) is 4.39 Å². The molecule has 2 aromatic carbocycles. The van der Waals surface area contributed by atoms with E-state index >= 15 is 0 Å². The minimum Gasteiger partial charge on any atom is -0.432 e. The van der Waals surface area contributed by atoms with Gasteiger partial charge in [-0.1, -0.05) is 50.8 Å². The number of hydrogen-bond donors (Lipinski definition) is 0. The van der Waals surface area contributed by atoms with E-state index in [4.69, 9.17) is 0 Å². The maximum Gasteiger partial charge on any atom is 0.387 e. The SMILES string of the molecule is CCCC[C@@H]1CC[C@@H]2CC(c3ccc4cc(OC(F)F)c(F)cc4c3)CCC2C1. The van der Waals surface area contributed by atoms with Crippen LogP contribution in [0.3, 0.4) is 0 Å². The smallest absolute Gasteiger partial charge is 0.387 e. The molecule has 0 bridgehead atoms. The summed E-state index contributed by atoms with van der Waals surface area (Å²) in [7, 11) is 0. The van der Waals surface area contributed by atoms with Crippen LogP contribution in [-0.2, 0) is 0 Å². The van der Waals surface area contributed by atoms with Crippen LogP contribution < -0.4 is 4.74 Å². The van der Waals surface area contributed by atoms with Crippen LogP contribution >= 0.6 is 0 Å². The Kier molecular flexibility index (Phi) is 6.36. The van der Waals surface area contributed by atoms with Crippen LogP contribution in [0.2, 0.25) is 0 Å². The summed E-state index contributed by atoms with van der Waals surface area (Å²) >= 11 is 0. The van der Waals surface area contributed by atoms with Crippen molar-refractivity contribution in [3.8, 4) is 5.75 Å². The Morgan fingerprint density at radius 2 is 1.76 bits per heavy atom. The van der Waals surface area contributed by atoms with Crippen molar-refractivity contribution in [2.45, 2.75) is 77.2 Å². The van der Waals surface area contributed by atoms with Gasteiger partial charge in [-0.05, 0) is 84.2 Å². The molecule has 4 atom stereocenters. The number of hydrogen-bond acceptors (Lipinski definition) is 1. The second-order valence-corrected chi connectivity index (χ2v) is 9.12. The zero-order chi connectivity index (χ0) is 20.4. The standard InChI is InChI=1S/C25H31F3O/c1-2-3-4-16-5-6-18-12-19(8-7-17(18)11-16)20-9-10-21-15-24(29-25(27)28)23(26)14-22(21)13-20/h9-10,13-19,25H,2-8,11-12H2,1H3/t16-,17?,18-,19?/m1/s1. The van der Waals surface area contributed by atoms with Gasteiger partial charge in [0.2, 0.25) is 0 Å². The lowest BCUT2D eigenvalue weighted by Gasteiger charge is -2.42. The van der Waals surface area contributed by atoms with E-state index in [1.54, 1.807) is 0 Å². The zero-order valence-electron chi connectivity index (χ0n) is 17.2. The highest BCUT2D eigenvalue weighted by Gasteiger charge is 2.35.